The summed E-state index contributed by atoms with van der Waals surface area (Å²) < 4.78 is 5.11. The van der Waals surface area contributed by atoms with Crippen molar-refractivity contribution in [1.29, 1.82) is 0 Å². The smallest absolute Gasteiger partial charge is 0.234 e. The van der Waals surface area contributed by atoms with Crippen molar-refractivity contribution >= 4 is 29.0 Å². The Morgan fingerprint density at radius 3 is 2.70 bits per heavy atom. The summed E-state index contributed by atoms with van der Waals surface area (Å²) in [7, 11) is 1.54. The second-order valence-corrected chi connectivity index (χ2v) is 5.16. The van der Waals surface area contributed by atoms with E-state index in [4.69, 9.17) is 10.5 Å². The summed E-state index contributed by atoms with van der Waals surface area (Å²) in [5.74, 6) is 0.848. The molecule has 0 heterocycles. The van der Waals surface area contributed by atoms with Crippen LogP contribution in [0.15, 0.2) is 53.4 Å². The molecule has 1 amide bonds. The molecule has 2 aromatic carbocycles. The molecular weight excluding hydrogens is 272 g/mol. The van der Waals surface area contributed by atoms with Crippen molar-refractivity contribution in [2.75, 3.05) is 23.9 Å². The molecule has 3 N–H and O–H groups in total. The Labute approximate surface area is 122 Å². The van der Waals surface area contributed by atoms with Gasteiger partial charge in [0, 0.05) is 16.6 Å². The van der Waals surface area contributed by atoms with Crippen LogP contribution in [0.3, 0.4) is 0 Å². The molecule has 0 aliphatic carbocycles. The van der Waals surface area contributed by atoms with E-state index in [0.717, 1.165) is 4.90 Å². The highest BCUT2D eigenvalue weighted by atomic mass is 32.2. The first-order valence-corrected chi connectivity index (χ1v) is 7.09. The molecule has 20 heavy (non-hydrogen) atoms. The van der Waals surface area contributed by atoms with E-state index in [0.29, 0.717) is 22.9 Å². The van der Waals surface area contributed by atoms with Crippen molar-refractivity contribution in [1.82, 2.24) is 0 Å². The highest BCUT2D eigenvalue weighted by Crippen LogP contribution is 2.25. The summed E-state index contributed by atoms with van der Waals surface area (Å²) in [6, 6.07) is 15.0. The summed E-state index contributed by atoms with van der Waals surface area (Å²) in [6.07, 6.45) is 0. The topological polar surface area (TPSA) is 64.3 Å². The highest BCUT2D eigenvalue weighted by molar-refractivity contribution is 8.00. The molecule has 0 aromatic heterocycles. The fourth-order valence-corrected chi connectivity index (χ4v) is 2.37. The lowest BCUT2D eigenvalue weighted by Gasteiger charge is -2.09. The van der Waals surface area contributed by atoms with E-state index < -0.39 is 0 Å². The number of ether oxygens (including phenoxy) is 1. The van der Waals surface area contributed by atoms with Gasteiger partial charge in [-0.25, -0.2) is 0 Å². The number of amides is 1. The minimum Gasteiger partial charge on any atom is -0.495 e. The molecule has 0 aliphatic rings. The van der Waals surface area contributed by atoms with Gasteiger partial charge in [0.05, 0.1) is 18.6 Å². The number of methoxy groups -OCH3 is 1. The number of rotatable bonds is 5. The van der Waals surface area contributed by atoms with Gasteiger partial charge in [0.15, 0.2) is 0 Å². The third-order valence-corrected chi connectivity index (χ3v) is 3.64. The number of nitrogen functional groups attached to an aromatic ring is 1. The maximum Gasteiger partial charge on any atom is 0.234 e. The molecule has 0 spiro atoms. The van der Waals surface area contributed by atoms with Gasteiger partial charge in [0.2, 0.25) is 5.91 Å². The third-order valence-electron chi connectivity index (χ3n) is 2.63. The first kappa shape index (κ1) is 14.3. The van der Waals surface area contributed by atoms with Gasteiger partial charge in [-0.15, -0.1) is 11.8 Å². The summed E-state index contributed by atoms with van der Waals surface area (Å²) in [5, 5.41) is 2.82. The van der Waals surface area contributed by atoms with Crippen LogP contribution in [0, 0.1) is 0 Å². The standard InChI is InChI=1S/C15H16N2O2S/c1-19-14-9-11(7-8-13(14)16)17-15(18)10-20-12-5-3-2-4-6-12/h2-9H,10,16H2,1H3,(H,17,18). The average molecular weight is 288 g/mol. The van der Waals surface area contributed by atoms with E-state index in [1.54, 1.807) is 25.3 Å². The van der Waals surface area contributed by atoms with Crippen molar-refractivity contribution in [3.63, 3.8) is 0 Å². The molecule has 5 heteroatoms. The Balaban J connectivity index is 1.91. The van der Waals surface area contributed by atoms with Crippen LogP contribution in [0.1, 0.15) is 0 Å². The van der Waals surface area contributed by atoms with Gasteiger partial charge in [-0.3, -0.25) is 4.79 Å². The normalized spacial score (nSPS) is 10.1. The predicted molar refractivity (Wildman–Crippen MR) is 83.2 cm³/mol. The van der Waals surface area contributed by atoms with Crippen molar-refractivity contribution < 1.29 is 9.53 Å². The Morgan fingerprint density at radius 1 is 1.25 bits per heavy atom. The number of anilines is 2. The monoisotopic (exact) mass is 288 g/mol. The van der Waals surface area contributed by atoms with Crippen LogP contribution in [-0.2, 0) is 4.79 Å². The number of hydrogen-bond donors (Lipinski definition) is 2. The molecular formula is C15H16N2O2S. The molecule has 0 radical (unpaired) electrons. The van der Waals surface area contributed by atoms with E-state index >= 15 is 0 Å². The van der Waals surface area contributed by atoms with Crippen molar-refractivity contribution in [2.45, 2.75) is 4.90 Å². The first-order chi connectivity index (χ1) is 9.69. The zero-order valence-electron chi connectivity index (χ0n) is 11.1. The molecule has 0 saturated heterocycles. The molecule has 0 fully saturated rings. The van der Waals surface area contributed by atoms with Crippen LogP contribution in [-0.4, -0.2) is 18.8 Å². The number of carbonyl (C=O) groups excluding carboxylic acids is 1. The number of thioether (sulfide) groups is 1. The molecule has 0 saturated carbocycles. The van der Waals surface area contributed by atoms with Crippen LogP contribution in [0.2, 0.25) is 0 Å². The van der Waals surface area contributed by atoms with Crippen molar-refractivity contribution in [3.05, 3.63) is 48.5 Å². The Kier molecular flexibility index (Phi) is 4.90. The number of nitrogens with two attached hydrogens (primary N) is 1. The summed E-state index contributed by atoms with van der Waals surface area (Å²) in [6.45, 7) is 0. The van der Waals surface area contributed by atoms with Gasteiger partial charge in [0.25, 0.3) is 0 Å². The van der Waals surface area contributed by atoms with Gasteiger partial charge in [-0.2, -0.15) is 0 Å². The quantitative estimate of drug-likeness (QED) is 0.655. The maximum absolute atomic E-state index is 11.9. The average Bonchev–Trinajstić information content (AvgIpc) is 2.48. The highest BCUT2D eigenvalue weighted by Gasteiger charge is 2.06. The fraction of sp³-hybridized carbons (Fsp3) is 0.133. The van der Waals surface area contributed by atoms with E-state index in [1.807, 2.05) is 30.3 Å². The summed E-state index contributed by atoms with van der Waals surface area (Å²) in [5.41, 5.74) is 6.94. The Bertz CT molecular complexity index is 588. The van der Waals surface area contributed by atoms with Gasteiger partial charge in [-0.05, 0) is 24.3 Å². The van der Waals surface area contributed by atoms with Crippen molar-refractivity contribution in [2.24, 2.45) is 0 Å². The first-order valence-electron chi connectivity index (χ1n) is 6.10. The van der Waals surface area contributed by atoms with Gasteiger partial charge < -0.3 is 15.8 Å². The van der Waals surface area contributed by atoms with Crippen LogP contribution < -0.4 is 15.8 Å². The van der Waals surface area contributed by atoms with Crippen LogP contribution in [0.4, 0.5) is 11.4 Å². The summed E-state index contributed by atoms with van der Waals surface area (Å²) >= 11 is 1.49. The van der Waals surface area contributed by atoms with Gasteiger partial charge in [0.1, 0.15) is 5.75 Å². The number of benzene rings is 2. The molecule has 0 unspecified atom stereocenters. The third kappa shape index (κ3) is 3.93. The van der Waals surface area contributed by atoms with Crippen LogP contribution >= 0.6 is 11.8 Å². The molecule has 0 bridgehead atoms. The lowest BCUT2D eigenvalue weighted by Crippen LogP contribution is -2.14. The molecule has 2 rings (SSSR count). The fourth-order valence-electron chi connectivity index (χ4n) is 1.65. The second-order valence-electron chi connectivity index (χ2n) is 4.11. The van der Waals surface area contributed by atoms with Crippen LogP contribution in [0.5, 0.6) is 5.75 Å². The van der Waals surface area contributed by atoms with Crippen LogP contribution in [0.25, 0.3) is 0 Å². The van der Waals surface area contributed by atoms with E-state index in [9.17, 15) is 4.79 Å². The summed E-state index contributed by atoms with van der Waals surface area (Å²) in [4.78, 5) is 12.9. The van der Waals surface area contributed by atoms with Gasteiger partial charge >= 0.3 is 0 Å². The molecule has 0 atom stereocenters. The van der Waals surface area contributed by atoms with Gasteiger partial charge in [-0.1, -0.05) is 18.2 Å². The second kappa shape index (κ2) is 6.86. The van der Waals surface area contributed by atoms with Crippen molar-refractivity contribution in [3.8, 4) is 5.75 Å². The predicted octanol–water partition coefficient (Wildman–Crippen LogP) is 3.01. The van der Waals surface area contributed by atoms with E-state index in [-0.39, 0.29) is 5.91 Å². The molecule has 104 valence electrons. The minimum atomic E-state index is -0.0642. The zero-order chi connectivity index (χ0) is 14.4. The number of carbonyl (C=O) groups is 1. The number of nitrogens with one attached hydrogen (secondary N) is 1. The SMILES string of the molecule is COc1cc(NC(=O)CSc2ccccc2)ccc1N. The maximum atomic E-state index is 11.9. The van der Waals surface area contributed by atoms with E-state index in [1.165, 1.54) is 11.8 Å². The lowest BCUT2D eigenvalue weighted by molar-refractivity contribution is -0.113. The molecule has 2 aromatic rings. The Hall–Kier alpha value is -2.14. The Morgan fingerprint density at radius 2 is 2.00 bits per heavy atom. The minimum absolute atomic E-state index is 0.0642. The lowest BCUT2D eigenvalue weighted by atomic mass is 10.2. The largest absolute Gasteiger partial charge is 0.495 e. The molecule has 0 aliphatic heterocycles. The van der Waals surface area contributed by atoms with E-state index in [2.05, 4.69) is 5.32 Å². The zero-order valence-corrected chi connectivity index (χ0v) is 11.9. The molecule has 4 nitrogen and oxygen atoms in total. The number of hydrogen-bond acceptors (Lipinski definition) is 4.